The van der Waals surface area contributed by atoms with Gasteiger partial charge >= 0.3 is 0 Å². The molecule has 2 rings (SSSR count). The van der Waals surface area contributed by atoms with E-state index in [0.29, 0.717) is 23.3 Å². The molecule has 0 amide bonds. The van der Waals surface area contributed by atoms with Crippen LogP contribution >= 0.6 is 0 Å². The number of hydrogen-bond acceptors (Lipinski definition) is 3. The molecule has 1 unspecified atom stereocenters. The van der Waals surface area contributed by atoms with E-state index >= 15 is 0 Å². The summed E-state index contributed by atoms with van der Waals surface area (Å²) in [7, 11) is -2.73. The van der Waals surface area contributed by atoms with E-state index in [1.165, 1.54) is 19.3 Å². The lowest BCUT2D eigenvalue weighted by molar-refractivity contribution is 0.0968. The molecule has 1 atom stereocenters. The third kappa shape index (κ3) is 2.68. The summed E-state index contributed by atoms with van der Waals surface area (Å²) >= 11 is 0. The number of nitrogens with one attached hydrogen (secondary N) is 1. The first-order chi connectivity index (χ1) is 7.96. The molecule has 2 fully saturated rings. The first-order valence-corrected chi connectivity index (χ1v) is 8.74. The first kappa shape index (κ1) is 13.3. The van der Waals surface area contributed by atoms with E-state index in [1.54, 1.807) is 0 Å². The standard InChI is InChI=1S/C13H25NO2S/c1-11(2)13(7-3-4-8-14-13)12-5-9-17(15,16)10-6-12/h11-12,14H,3-10H2,1-2H3. The second-order valence-electron chi connectivity index (χ2n) is 6.01. The summed E-state index contributed by atoms with van der Waals surface area (Å²) in [5.74, 6) is 1.93. The van der Waals surface area contributed by atoms with Crippen LogP contribution in [0.1, 0.15) is 46.0 Å². The number of rotatable bonds is 2. The Morgan fingerprint density at radius 3 is 2.29 bits per heavy atom. The van der Waals surface area contributed by atoms with Gasteiger partial charge in [0.1, 0.15) is 9.84 Å². The predicted molar refractivity (Wildman–Crippen MR) is 70.8 cm³/mol. The summed E-state index contributed by atoms with van der Waals surface area (Å²) in [5.41, 5.74) is 0.203. The lowest BCUT2D eigenvalue weighted by atomic mass is 9.68. The molecule has 0 bridgehead atoms. The van der Waals surface area contributed by atoms with Gasteiger partial charge in [-0.25, -0.2) is 8.42 Å². The highest BCUT2D eigenvalue weighted by atomic mass is 32.2. The second kappa shape index (κ2) is 4.88. The van der Waals surface area contributed by atoms with Crippen LogP contribution in [-0.4, -0.2) is 32.0 Å². The molecule has 2 aliphatic heterocycles. The highest BCUT2D eigenvalue weighted by molar-refractivity contribution is 7.91. The van der Waals surface area contributed by atoms with Crippen molar-refractivity contribution in [2.24, 2.45) is 11.8 Å². The van der Waals surface area contributed by atoms with Crippen molar-refractivity contribution >= 4 is 9.84 Å². The SMILES string of the molecule is CC(C)C1(C2CCS(=O)(=O)CC2)CCCCN1. The summed E-state index contributed by atoms with van der Waals surface area (Å²) in [6, 6.07) is 0. The molecule has 3 nitrogen and oxygen atoms in total. The van der Waals surface area contributed by atoms with E-state index in [1.807, 2.05) is 0 Å². The molecule has 0 radical (unpaired) electrons. The highest BCUT2D eigenvalue weighted by Crippen LogP contribution is 2.40. The minimum Gasteiger partial charge on any atom is -0.311 e. The zero-order valence-corrected chi connectivity index (χ0v) is 11.9. The third-order valence-electron chi connectivity index (χ3n) is 4.78. The van der Waals surface area contributed by atoms with Crippen molar-refractivity contribution in [1.82, 2.24) is 5.32 Å². The van der Waals surface area contributed by atoms with Crippen molar-refractivity contribution in [3.05, 3.63) is 0 Å². The Kier molecular flexibility index (Phi) is 3.83. The molecule has 0 aromatic heterocycles. The van der Waals surface area contributed by atoms with Gasteiger partial charge in [-0.1, -0.05) is 20.3 Å². The quantitative estimate of drug-likeness (QED) is 0.825. The number of sulfone groups is 1. The van der Waals surface area contributed by atoms with Crippen molar-refractivity contribution in [3.63, 3.8) is 0 Å². The molecule has 100 valence electrons. The van der Waals surface area contributed by atoms with E-state index < -0.39 is 9.84 Å². The summed E-state index contributed by atoms with van der Waals surface area (Å²) in [6.07, 6.45) is 5.48. The van der Waals surface area contributed by atoms with Crippen LogP contribution in [0.25, 0.3) is 0 Å². The average molecular weight is 259 g/mol. The van der Waals surface area contributed by atoms with Gasteiger partial charge in [0.15, 0.2) is 0 Å². The minimum absolute atomic E-state index is 0.203. The van der Waals surface area contributed by atoms with Crippen molar-refractivity contribution in [1.29, 1.82) is 0 Å². The summed E-state index contributed by atoms with van der Waals surface area (Å²) in [6.45, 7) is 5.66. The van der Waals surface area contributed by atoms with Crippen LogP contribution in [0.2, 0.25) is 0 Å². The Bertz CT molecular complexity index is 342. The molecule has 2 saturated heterocycles. The molecule has 17 heavy (non-hydrogen) atoms. The Morgan fingerprint density at radius 2 is 1.82 bits per heavy atom. The van der Waals surface area contributed by atoms with Crippen molar-refractivity contribution < 1.29 is 8.42 Å². The fourth-order valence-electron chi connectivity index (χ4n) is 3.67. The lowest BCUT2D eigenvalue weighted by Gasteiger charge is -2.49. The smallest absolute Gasteiger partial charge is 0.150 e. The molecular weight excluding hydrogens is 234 g/mol. The fourth-order valence-corrected chi connectivity index (χ4v) is 5.16. The molecule has 0 spiro atoms. The Morgan fingerprint density at radius 1 is 1.18 bits per heavy atom. The van der Waals surface area contributed by atoms with Crippen molar-refractivity contribution in [3.8, 4) is 0 Å². The van der Waals surface area contributed by atoms with Crippen LogP contribution in [0.5, 0.6) is 0 Å². The van der Waals surface area contributed by atoms with Crippen LogP contribution in [0, 0.1) is 11.8 Å². The highest BCUT2D eigenvalue weighted by Gasteiger charge is 2.44. The molecule has 2 heterocycles. The molecule has 0 aromatic carbocycles. The van der Waals surface area contributed by atoms with Gasteiger partial charge < -0.3 is 5.32 Å². The monoisotopic (exact) mass is 259 g/mol. The molecular formula is C13H25NO2S. The van der Waals surface area contributed by atoms with E-state index in [2.05, 4.69) is 19.2 Å². The van der Waals surface area contributed by atoms with Gasteiger partial charge in [0.25, 0.3) is 0 Å². The van der Waals surface area contributed by atoms with Crippen molar-refractivity contribution in [2.75, 3.05) is 18.1 Å². The van der Waals surface area contributed by atoms with Crippen LogP contribution in [0.15, 0.2) is 0 Å². The molecule has 2 aliphatic rings. The lowest BCUT2D eigenvalue weighted by Crippen LogP contribution is -2.59. The van der Waals surface area contributed by atoms with E-state index in [-0.39, 0.29) is 5.54 Å². The zero-order valence-electron chi connectivity index (χ0n) is 11.0. The normalized spacial score (nSPS) is 35.0. The van der Waals surface area contributed by atoms with Gasteiger partial charge in [-0.2, -0.15) is 0 Å². The minimum atomic E-state index is -2.73. The number of hydrogen-bond donors (Lipinski definition) is 1. The number of piperidine rings is 1. The van der Waals surface area contributed by atoms with E-state index in [9.17, 15) is 8.42 Å². The molecule has 0 aliphatic carbocycles. The van der Waals surface area contributed by atoms with Crippen molar-refractivity contribution in [2.45, 2.75) is 51.5 Å². The maximum Gasteiger partial charge on any atom is 0.150 e. The average Bonchev–Trinajstić information content (AvgIpc) is 2.29. The zero-order chi connectivity index (χ0) is 12.5. The van der Waals surface area contributed by atoms with Gasteiger partial charge in [0.2, 0.25) is 0 Å². The Hall–Kier alpha value is -0.0900. The van der Waals surface area contributed by atoms with E-state index in [4.69, 9.17) is 0 Å². The van der Waals surface area contributed by atoms with Crippen LogP contribution in [0.4, 0.5) is 0 Å². The maximum absolute atomic E-state index is 11.5. The topological polar surface area (TPSA) is 46.2 Å². The second-order valence-corrected chi connectivity index (χ2v) is 8.31. The first-order valence-electron chi connectivity index (χ1n) is 6.92. The Labute approximate surface area is 105 Å². The van der Waals surface area contributed by atoms with Gasteiger partial charge in [-0.3, -0.25) is 0 Å². The molecule has 0 saturated carbocycles. The predicted octanol–water partition coefficient (Wildman–Crippen LogP) is 1.98. The third-order valence-corrected chi connectivity index (χ3v) is 6.50. The van der Waals surface area contributed by atoms with Gasteiger partial charge in [-0.05, 0) is 44.1 Å². The summed E-state index contributed by atoms with van der Waals surface area (Å²) in [4.78, 5) is 0. The van der Waals surface area contributed by atoms with Gasteiger partial charge in [0.05, 0.1) is 11.5 Å². The molecule has 4 heteroatoms. The van der Waals surface area contributed by atoms with Crippen LogP contribution in [0.3, 0.4) is 0 Å². The van der Waals surface area contributed by atoms with E-state index in [0.717, 1.165) is 19.4 Å². The molecule has 1 N–H and O–H groups in total. The van der Waals surface area contributed by atoms with Gasteiger partial charge in [0, 0.05) is 5.54 Å². The maximum atomic E-state index is 11.5. The largest absolute Gasteiger partial charge is 0.311 e. The summed E-state index contributed by atoms with van der Waals surface area (Å²) < 4.78 is 23.1. The Balaban J connectivity index is 2.12. The molecule has 0 aromatic rings. The fraction of sp³-hybridized carbons (Fsp3) is 1.00. The summed E-state index contributed by atoms with van der Waals surface area (Å²) in [5, 5.41) is 3.73. The van der Waals surface area contributed by atoms with Crippen LogP contribution < -0.4 is 5.32 Å². The van der Waals surface area contributed by atoms with Gasteiger partial charge in [-0.15, -0.1) is 0 Å². The van der Waals surface area contributed by atoms with Crippen LogP contribution in [-0.2, 0) is 9.84 Å².